The van der Waals surface area contributed by atoms with Gasteiger partial charge in [-0.25, -0.2) is 0 Å². The highest BCUT2D eigenvalue weighted by molar-refractivity contribution is 5.29. The van der Waals surface area contributed by atoms with Gasteiger partial charge in [0, 0.05) is 12.8 Å². The lowest BCUT2D eigenvalue weighted by Gasteiger charge is -1.98. The van der Waals surface area contributed by atoms with E-state index in [1.807, 2.05) is 0 Å². The van der Waals surface area contributed by atoms with Gasteiger partial charge < -0.3 is 0 Å². The monoisotopic (exact) mass is 158 g/mol. The van der Waals surface area contributed by atoms with Crippen molar-refractivity contribution in [3.8, 4) is 11.8 Å². The van der Waals surface area contributed by atoms with Crippen LogP contribution in [0.15, 0.2) is 24.3 Å². The number of benzene rings is 1. The van der Waals surface area contributed by atoms with E-state index in [4.69, 9.17) is 0 Å². The van der Waals surface area contributed by atoms with Crippen LogP contribution in [0.3, 0.4) is 0 Å². The van der Waals surface area contributed by atoms with Gasteiger partial charge in [0.25, 0.3) is 0 Å². The van der Waals surface area contributed by atoms with Crippen LogP contribution in [0.5, 0.6) is 0 Å². The number of hydrogen-bond acceptors (Lipinski definition) is 0. The molecule has 1 aromatic carbocycles. The van der Waals surface area contributed by atoms with E-state index in [-0.39, 0.29) is 0 Å². The molecule has 0 saturated carbocycles. The van der Waals surface area contributed by atoms with Gasteiger partial charge in [-0.2, -0.15) is 0 Å². The van der Waals surface area contributed by atoms with E-state index in [1.54, 1.807) is 0 Å². The molecule has 0 amide bonds. The normalized spacial score (nSPS) is 8.83. The highest BCUT2D eigenvalue weighted by Gasteiger charge is 1.91. The zero-order chi connectivity index (χ0) is 8.81. The minimum atomic E-state index is 0.889. The summed E-state index contributed by atoms with van der Waals surface area (Å²) in [4.78, 5) is 0. The highest BCUT2D eigenvalue weighted by Crippen LogP contribution is 2.06. The first-order chi connectivity index (χ1) is 5.84. The second-order valence-electron chi connectivity index (χ2n) is 2.81. The van der Waals surface area contributed by atoms with Crippen LogP contribution in [0.2, 0.25) is 0 Å². The molecule has 62 valence electrons. The summed E-state index contributed by atoms with van der Waals surface area (Å²) in [5.74, 6) is 6.22. The van der Waals surface area contributed by atoms with Gasteiger partial charge in [-0.05, 0) is 18.1 Å². The Bertz CT molecular complexity index is 299. The van der Waals surface area contributed by atoms with E-state index in [2.05, 4.69) is 50.0 Å². The number of hydrogen-bond donors (Lipinski definition) is 0. The van der Waals surface area contributed by atoms with E-state index in [1.165, 1.54) is 11.1 Å². The molecule has 12 heavy (non-hydrogen) atoms. The van der Waals surface area contributed by atoms with Crippen molar-refractivity contribution in [1.29, 1.82) is 0 Å². The molecule has 1 aromatic rings. The van der Waals surface area contributed by atoms with Crippen LogP contribution in [0.4, 0.5) is 0 Å². The first-order valence-corrected chi connectivity index (χ1v) is 4.35. The zero-order valence-electron chi connectivity index (χ0n) is 7.72. The Morgan fingerprint density at radius 2 is 1.92 bits per heavy atom. The SMILES string of the molecule is CCC#CCc1ccccc1C. The molecule has 0 N–H and O–H groups in total. The molecule has 0 atom stereocenters. The standard InChI is InChI=1S/C12H14/c1-3-4-5-9-12-10-7-6-8-11(12)2/h6-8,10H,3,9H2,1-2H3. The second kappa shape index (κ2) is 4.62. The summed E-state index contributed by atoms with van der Waals surface area (Å²) in [5, 5.41) is 0. The first-order valence-electron chi connectivity index (χ1n) is 4.35. The lowest BCUT2D eigenvalue weighted by Crippen LogP contribution is -1.85. The fraction of sp³-hybridized carbons (Fsp3) is 0.333. The van der Waals surface area contributed by atoms with Gasteiger partial charge in [-0.3, -0.25) is 0 Å². The summed E-state index contributed by atoms with van der Waals surface area (Å²) in [6, 6.07) is 8.39. The minimum absolute atomic E-state index is 0.889. The minimum Gasteiger partial charge on any atom is -0.103 e. The number of rotatable bonds is 1. The van der Waals surface area contributed by atoms with Crippen molar-refractivity contribution in [3.63, 3.8) is 0 Å². The van der Waals surface area contributed by atoms with E-state index in [0.717, 1.165) is 12.8 Å². The molecule has 0 heterocycles. The van der Waals surface area contributed by atoms with Crippen molar-refractivity contribution < 1.29 is 0 Å². The molecule has 0 radical (unpaired) electrons. The van der Waals surface area contributed by atoms with Crippen molar-refractivity contribution in [2.75, 3.05) is 0 Å². The summed E-state index contributed by atoms with van der Waals surface area (Å²) in [6.07, 6.45) is 1.84. The third-order valence-electron chi connectivity index (χ3n) is 1.84. The second-order valence-corrected chi connectivity index (χ2v) is 2.81. The van der Waals surface area contributed by atoms with Crippen LogP contribution in [0, 0.1) is 18.8 Å². The van der Waals surface area contributed by atoms with Crippen LogP contribution in [0.25, 0.3) is 0 Å². The smallest absolute Gasteiger partial charge is 0.0342 e. The third kappa shape index (κ3) is 2.43. The molecule has 0 fully saturated rings. The van der Waals surface area contributed by atoms with Crippen LogP contribution >= 0.6 is 0 Å². The predicted molar refractivity (Wildman–Crippen MR) is 53.0 cm³/mol. The van der Waals surface area contributed by atoms with Crippen molar-refractivity contribution in [3.05, 3.63) is 35.4 Å². The van der Waals surface area contributed by atoms with Gasteiger partial charge in [0.05, 0.1) is 0 Å². The Morgan fingerprint density at radius 1 is 1.17 bits per heavy atom. The Labute approximate surface area is 74.6 Å². The molecule has 0 heteroatoms. The zero-order valence-corrected chi connectivity index (χ0v) is 7.72. The lowest BCUT2D eigenvalue weighted by molar-refractivity contribution is 1.22. The lowest BCUT2D eigenvalue weighted by atomic mass is 10.1. The van der Waals surface area contributed by atoms with Gasteiger partial charge in [0.2, 0.25) is 0 Å². The van der Waals surface area contributed by atoms with Crippen LogP contribution in [-0.2, 0) is 6.42 Å². The van der Waals surface area contributed by atoms with Gasteiger partial charge in [-0.15, -0.1) is 5.92 Å². The average molecular weight is 158 g/mol. The molecule has 0 spiro atoms. The summed E-state index contributed by atoms with van der Waals surface area (Å²) in [5.41, 5.74) is 2.68. The molecule has 0 saturated heterocycles. The largest absolute Gasteiger partial charge is 0.103 e. The third-order valence-corrected chi connectivity index (χ3v) is 1.84. The fourth-order valence-corrected chi connectivity index (χ4v) is 1.09. The van der Waals surface area contributed by atoms with Gasteiger partial charge in [-0.1, -0.05) is 37.1 Å². The maximum absolute atomic E-state index is 3.14. The van der Waals surface area contributed by atoms with Crippen molar-refractivity contribution in [2.45, 2.75) is 26.7 Å². The maximum atomic E-state index is 3.14. The average Bonchev–Trinajstić information content (AvgIpc) is 2.09. The Balaban J connectivity index is 2.69. The Kier molecular flexibility index (Phi) is 3.41. The molecular formula is C12H14. The van der Waals surface area contributed by atoms with Gasteiger partial charge in [0.15, 0.2) is 0 Å². The van der Waals surface area contributed by atoms with E-state index < -0.39 is 0 Å². The number of aryl methyl sites for hydroxylation is 1. The summed E-state index contributed by atoms with van der Waals surface area (Å²) < 4.78 is 0. The first kappa shape index (κ1) is 8.87. The Hall–Kier alpha value is -1.22. The van der Waals surface area contributed by atoms with Crippen molar-refractivity contribution in [1.82, 2.24) is 0 Å². The maximum Gasteiger partial charge on any atom is 0.0342 e. The van der Waals surface area contributed by atoms with Crippen LogP contribution in [0.1, 0.15) is 24.5 Å². The topological polar surface area (TPSA) is 0 Å². The quantitative estimate of drug-likeness (QED) is 0.551. The van der Waals surface area contributed by atoms with Crippen molar-refractivity contribution >= 4 is 0 Å². The summed E-state index contributed by atoms with van der Waals surface area (Å²) in [6.45, 7) is 4.20. The molecule has 0 nitrogen and oxygen atoms in total. The summed E-state index contributed by atoms with van der Waals surface area (Å²) in [7, 11) is 0. The predicted octanol–water partition coefficient (Wildman–Crippen LogP) is 2.95. The molecule has 0 aliphatic carbocycles. The Morgan fingerprint density at radius 3 is 2.58 bits per heavy atom. The molecule has 0 aliphatic heterocycles. The van der Waals surface area contributed by atoms with E-state index in [9.17, 15) is 0 Å². The molecule has 0 aromatic heterocycles. The van der Waals surface area contributed by atoms with Crippen LogP contribution < -0.4 is 0 Å². The highest BCUT2D eigenvalue weighted by atomic mass is 14.0. The fourth-order valence-electron chi connectivity index (χ4n) is 1.09. The van der Waals surface area contributed by atoms with Crippen molar-refractivity contribution in [2.24, 2.45) is 0 Å². The summed E-state index contributed by atoms with van der Waals surface area (Å²) >= 11 is 0. The van der Waals surface area contributed by atoms with Crippen LogP contribution in [-0.4, -0.2) is 0 Å². The van der Waals surface area contributed by atoms with Gasteiger partial charge >= 0.3 is 0 Å². The van der Waals surface area contributed by atoms with Gasteiger partial charge in [0.1, 0.15) is 0 Å². The molecular weight excluding hydrogens is 144 g/mol. The van der Waals surface area contributed by atoms with E-state index in [0.29, 0.717) is 0 Å². The molecule has 0 aliphatic rings. The van der Waals surface area contributed by atoms with E-state index >= 15 is 0 Å². The molecule has 0 unspecified atom stereocenters. The molecule has 0 bridgehead atoms. The molecule has 1 rings (SSSR count).